The van der Waals surface area contributed by atoms with E-state index in [-0.39, 0.29) is 11.5 Å². The maximum Gasteiger partial charge on any atom is 0.335 e. The van der Waals surface area contributed by atoms with Gasteiger partial charge in [0.05, 0.1) is 28.1 Å². The van der Waals surface area contributed by atoms with Crippen LogP contribution >= 0.6 is 23.2 Å². The van der Waals surface area contributed by atoms with Crippen LogP contribution in [0.2, 0.25) is 10.0 Å². The van der Waals surface area contributed by atoms with Gasteiger partial charge >= 0.3 is 5.97 Å². The van der Waals surface area contributed by atoms with Gasteiger partial charge in [-0.05, 0) is 125 Å². The van der Waals surface area contributed by atoms with E-state index in [4.69, 9.17) is 52.6 Å². The normalized spacial score (nSPS) is 10.3. The first kappa shape index (κ1) is 40.0. The van der Waals surface area contributed by atoms with Crippen molar-refractivity contribution in [2.75, 3.05) is 11.1 Å². The van der Waals surface area contributed by atoms with Gasteiger partial charge in [0.25, 0.3) is 5.91 Å². The molecule has 0 radical (unpaired) electrons. The monoisotopic (exact) mass is 758 g/mol. The van der Waals surface area contributed by atoms with Gasteiger partial charge in [-0.15, -0.1) is 0 Å². The lowest BCUT2D eigenvalue weighted by Gasteiger charge is -2.10. The summed E-state index contributed by atoms with van der Waals surface area (Å²) in [6, 6.07) is 24.1. The predicted molar refractivity (Wildman–Crippen MR) is 205 cm³/mol. The Labute approximate surface area is 317 Å². The zero-order chi connectivity index (χ0) is 38.7. The van der Waals surface area contributed by atoms with Gasteiger partial charge in [-0.2, -0.15) is 0 Å². The van der Waals surface area contributed by atoms with Crippen molar-refractivity contribution in [1.29, 1.82) is 0 Å². The fraction of sp³-hybridized carbons (Fsp3) is 0.200. The highest BCUT2D eigenvalue weighted by molar-refractivity contribution is 6.32. The number of halogens is 2. The highest BCUT2D eigenvalue weighted by Gasteiger charge is 2.12. The first-order valence-corrected chi connectivity index (χ1v) is 17.1. The quantitative estimate of drug-likeness (QED) is 0.121. The van der Waals surface area contributed by atoms with Crippen LogP contribution in [0.1, 0.15) is 65.9 Å². The van der Waals surface area contributed by atoms with Crippen molar-refractivity contribution in [2.24, 2.45) is 0 Å². The number of anilines is 2. The van der Waals surface area contributed by atoms with Gasteiger partial charge in [-0.25, -0.2) is 4.79 Å². The highest BCUT2D eigenvalue weighted by atomic mass is 35.5. The molecule has 0 aliphatic rings. The van der Waals surface area contributed by atoms with Crippen LogP contribution in [0.25, 0.3) is 0 Å². The summed E-state index contributed by atoms with van der Waals surface area (Å²) in [5.74, 6) is 1.60. The number of nitrogens with zero attached hydrogens (tertiary/aromatic N) is 2. The molecule has 0 aliphatic carbocycles. The lowest BCUT2D eigenvalue weighted by Crippen LogP contribution is -2.12. The third-order valence-electron chi connectivity index (χ3n) is 8.17. The number of aromatic carboxylic acids is 1. The number of nitrogens with one attached hydrogen (secondary N) is 1. The van der Waals surface area contributed by atoms with Crippen LogP contribution in [0, 0.1) is 41.5 Å². The molecule has 4 N–H and O–H groups in total. The van der Waals surface area contributed by atoms with Crippen LogP contribution in [0.15, 0.2) is 94.0 Å². The summed E-state index contributed by atoms with van der Waals surface area (Å²) in [6.07, 6.45) is 0. The Hall–Kier alpha value is -5.78. The number of ether oxygens (including phenoxy) is 2. The van der Waals surface area contributed by atoms with E-state index in [9.17, 15) is 9.59 Å². The smallest absolute Gasteiger partial charge is 0.335 e. The number of hydrogen-bond acceptors (Lipinski definition) is 9. The van der Waals surface area contributed by atoms with Gasteiger partial charge in [0, 0.05) is 27.0 Å². The number of carboxylic acids is 1. The average Bonchev–Trinajstić information content (AvgIpc) is 3.65. The summed E-state index contributed by atoms with van der Waals surface area (Å²) >= 11 is 11.8. The molecular weight excluding hydrogens is 719 g/mol. The van der Waals surface area contributed by atoms with Gasteiger partial charge in [-0.3, -0.25) is 4.79 Å². The van der Waals surface area contributed by atoms with Gasteiger partial charge in [0.15, 0.2) is 0 Å². The van der Waals surface area contributed by atoms with E-state index >= 15 is 0 Å². The molecule has 4 aromatic carbocycles. The molecule has 0 aliphatic heterocycles. The lowest BCUT2D eigenvalue weighted by atomic mass is 10.1. The summed E-state index contributed by atoms with van der Waals surface area (Å²) in [5, 5.41) is 20.7. The molecule has 13 heteroatoms. The molecule has 276 valence electrons. The molecule has 2 heterocycles. The number of carbonyl (C=O) groups is 2. The van der Waals surface area contributed by atoms with Crippen molar-refractivity contribution < 1.29 is 33.2 Å². The molecular formula is C40H40Cl2N4O7. The molecule has 11 nitrogen and oxygen atoms in total. The number of aryl methyl sites for hydroxylation is 4. The van der Waals surface area contributed by atoms with E-state index < -0.39 is 5.97 Å². The van der Waals surface area contributed by atoms with Crippen LogP contribution in [0.5, 0.6) is 11.5 Å². The number of rotatable bonds is 9. The fourth-order valence-electron chi connectivity index (χ4n) is 4.68. The first-order chi connectivity index (χ1) is 25.2. The summed E-state index contributed by atoms with van der Waals surface area (Å²) in [5.41, 5.74) is 13.0. The van der Waals surface area contributed by atoms with E-state index in [0.717, 1.165) is 55.9 Å². The topological polar surface area (TPSA) is 163 Å². The second-order valence-corrected chi connectivity index (χ2v) is 12.7. The van der Waals surface area contributed by atoms with E-state index in [1.54, 1.807) is 48.5 Å². The number of aromatic nitrogens is 2. The maximum absolute atomic E-state index is 12.4. The molecule has 0 saturated carbocycles. The predicted octanol–water partition coefficient (Wildman–Crippen LogP) is 9.88. The molecule has 0 spiro atoms. The zero-order valence-corrected chi connectivity index (χ0v) is 31.6. The number of benzene rings is 4. The molecule has 0 unspecified atom stereocenters. The minimum Gasteiger partial charge on any atom is -0.489 e. The Balaban J connectivity index is 0.000000200. The Morgan fingerprint density at radius 2 is 1.13 bits per heavy atom. The lowest BCUT2D eigenvalue weighted by molar-refractivity contribution is 0.0696. The third kappa shape index (κ3) is 11.1. The average molecular weight is 760 g/mol. The van der Waals surface area contributed by atoms with Crippen molar-refractivity contribution in [3.8, 4) is 11.5 Å². The standard InChI is InChI=1S/C20H19ClN2O3.C13H13NO4.C7H8ClN/c1-12-18(21)5-4-6-19(12)22-20(24)15-7-9-16(10-8-15)25-11-17-13(2)23-26-14(17)3;1-8-12(9(2)18-14-8)7-17-11-5-3-10(4-6-11)13(15)16;1-5-6(8)3-2-4-7(5)9/h4-10H,11H2,1-3H3,(H,22,24);3-6H,7H2,1-2H3,(H,15,16);2-4H,9H2,1H3. The second kappa shape index (κ2) is 18.6. The Morgan fingerprint density at radius 3 is 1.55 bits per heavy atom. The zero-order valence-electron chi connectivity index (χ0n) is 30.1. The molecule has 2 aromatic heterocycles. The van der Waals surface area contributed by atoms with Crippen molar-refractivity contribution >= 4 is 46.5 Å². The van der Waals surface area contributed by atoms with Crippen LogP contribution in [-0.4, -0.2) is 27.3 Å². The Morgan fingerprint density at radius 1 is 0.679 bits per heavy atom. The van der Waals surface area contributed by atoms with Gasteiger partial charge in [-0.1, -0.05) is 45.6 Å². The van der Waals surface area contributed by atoms with Crippen LogP contribution < -0.4 is 20.5 Å². The Kier molecular flexibility index (Phi) is 14.1. The van der Waals surface area contributed by atoms with E-state index in [1.807, 2.05) is 65.8 Å². The van der Waals surface area contributed by atoms with E-state index in [2.05, 4.69) is 15.6 Å². The number of nitrogen functional groups attached to an aromatic ring is 1. The minimum atomic E-state index is -0.952. The molecule has 0 fully saturated rings. The van der Waals surface area contributed by atoms with E-state index in [0.29, 0.717) is 41.0 Å². The molecule has 0 atom stereocenters. The van der Waals surface area contributed by atoms with Gasteiger partial charge in [0.1, 0.15) is 36.2 Å². The summed E-state index contributed by atoms with van der Waals surface area (Å²) in [4.78, 5) is 23.1. The molecule has 6 aromatic rings. The van der Waals surface area contributed by atoms with Gasteiger partial charge in [0.2, 0.25) is 0 Å². The summed E-state index contributed by atoms with van der Waals surface area (Å²) < 4.78 is 21.4. The molecule has 53 heavy (non-hydrogen) atoms. The SMILES string of the molecule is Cc1c(N)cccc1Cl.Cc1noc(C)c1COc1ccc(C(=O)Nc2cccc(Cl)c2C)cc1.Cc1noc(C)c1COc1ccc(C(=O)O)cc1. The number of nitrogens with two attached hydrogens (primary N) is 1. The molecule has 6 rings (SSSR count). The second-order valence-electron chi connectivity index (χ2n) is 11.9. The van der Waals surface area contributed by atoms with Crippen LogP contribution in [0.4, 0.5) is 11.4 Å². The van der Waals surface area contributed by atoms with Crippen molar-refractivity contribution in [3.63, 3.8) is 0 Å². The number of carboxylic acid groups (broad SMARTS) is 1. The fourth-order valence-corrected chi connectivity index (χ4v) is 5.04. The minimum absolute atomic E-state index is 0.201. The van der Waals surface area contributed by atoms with Crippen molar-refractivity contribution in [1.82, 2.24) is 10.3 Å². The molecule has 1 amide bonds. The molecule has 0 saturated heterocycles. The van der Waals surface area contributed by atoms with Crippen LogP contribution in [0.3, 0.4) is 0 Å². The van der Waals surface area contributed by atoms with Crippen molar-refractivity contribution in [2.45, 2.75) is 54.8 Å². The third-order valence-corrected chi connectivity index (χ3v) is 8.99. The number of carbonyl (C=O) groups excluding carboxylic acids is 1. The number of hydrogen-bond donors (Lipinski definition) is 3. The summed E-state index contributed by atoms with van der Waals surface area (Å²) in [7, 11) is 0. The van der Waals surface area contributed by atoms with Crippen molar-refractivity contribution in [3.05, 3.63) is 151 Å². The first-order valence-electron chi connectivity index (χ1n) is 16.3. The highest BCUT2D eigenvalue weighted by Crippen LogP contribution is 2.25. The number of amides is 1. The van der Waals surface area contributed by atoms with Gasteiger partial charge < -0.3 is 34.7 Å². The van der Waals surface area contributed by atoms with Crippen LogP contribution in [-0.2, 0) is 13.2 Å². The molecule has 0 bridgehead atoms. The Bertz CT molecular complexity index is 2100. The van der Waals surface area contributed by atoms with E-state index in [1.165, 1.54) is 12.1 Å². The largest absolute Gasteiger partial charge is 0.489 e. The summed E-state index contributed by atoms with van der Waals surface area (Å²) in [6.45, 7) is 11.9. The maximum atomic E-state index is 12.4.